The molecule has 7 heteroatoms. The molecule has 0 radical (unpaired) electrons. The third kappa shape index (κ3) is 7.86. The average molecular weight is 692 g/mol. The van der Waals surface area contributed by atoms with Crippen molar-refractivity contribution in [1.29, 1.82) is 0 Å². The van der Waals surface area contributed by atoms with Gasteiger partial charge in [0.05, 0.1) is 14.1 Å². The van der Waals surface area contributed by atoms with Gasteiger partial charge in [0, 0.05) is 0 Å². The van der Waals surface area contributed by atoms with Gasteiger partial charge in [-0.1, -0.05) is 102 Å². The standard InChI is InChI=1S/C28H50N2PSi.2BrH.Ni/c1-22-14-12-15-23(2)28(22)30-31(24-16-8-6-9-17-24,25-18-10-7-11-19-25)26-20-13-21-27(29-26)32(3,4)5;;;/h13,20-26,28H,6-12,14-19H2,1-5H3;2*1H;/q-1;;;+3/p-2. The number of hydrogen-bond acceptors (Lipinski definition) is 1. The molecule has 0 amide bonds. The van der Waals surface area contributed by atoms with Crippen LogP contribution in [0, 0.1) is 11.8 Å². The van der Waals surface area contributed by atoms with Crippen molar-refractivity contribution >= 4 is 43.6 Å². The van der Waals surface area contributed by atoms with E-state index < -0.39 is 15.1 Å². The molecule has 0 aromatic carbocycles. The SMILES string of the molecule is CC1CCCC(C)C1N=P(C1CCCCC1)(C1CCCCC1)C1C=CC=C([Si](C)(C)C)[N-]1.[Br][Ni+][Br]. The van der Waals surface area contributed by atoms with Gasteiger partial charge in [-0.25, -0.2) is 0 Å². The van der Waals surface area contributed by atoms with E-state index in [2.05, 4.69) is 80.2 Å². The molecule has 35 heavy (non-hydrogen) atoms. The van der Waals surface area contributed by atoms with Gasteiger partial charge in [0.1, 0.15) is 0 Å². The second-order valence-corrected chi connectivity index (χ2v) is 26.4. The van der Waals surface area contributed by atoms with Crippen LogP contribution in [0.1, 0.15) is 97.3 Å². The van der Waals surface area contributed by atoms with Crippen LogP contribution in [0.5, 0.6) is 0 Å². The topological polar surface area (TPSA) is 26.5 Å². The molecule has 4 rings (SSSR count). The van der Waals surface area contributed by atoms with Crippen LogP contribution in [0.25, 0.3) is 5.32 Å². The van der Waals surface area contributed by atoms with E-state index in [-0.39, 0.29) is 0 Å². The van der Waals surface area contributed by atoms with Crippen molar-refractivity contribution in [2.45, 2.75) is 140 Å². The summed E-state index contributed by atoms with van der Waals surface area (Å²) in [5, 5.41) is 7.13. The molecule has 3 atom stereocenters. The molecule has 3 aliphatic carbocycles. The molecule has 1 heterocycles. The molecule has 1 aliphatic heterocycles. The van der Waals surface area contributed by atoms with E-state index >= 15 is 0 Å². The van der Waals surface area contributed by atoms with Crippen LogP contribution < -0.4 is 0 Å². The fraction of sp³-hybridized carbons (Fsp3) is 0.857. The van der Waals surface area contributed by atoms with E-state index in [0.29, 0.717) is 11.8 Å². The zero-order valence-corrected chi connectivity index (χ0v) is 28.9. The maximum atomic E-state index is 6.27. The Morgan fingerprint density at radius 2 is 1.31 bits per heavy atom. The summed E-state index contributed by atoms with van der Waals surface area (Å²) in [6.45, 7) is 12.5. The summed E-state index contributed by atoms with van der Waals surface area (Å²) >= 11 is 6.00. The predicted octanol–water partition coefficient (Wildman–Crippen LogP) is 11.4. The molecule has 0 aromatic heterocycles. The number of halogens is 2. The molecule has 0 aromatic rings. The van der Waals surface area contributed by atoms with Gasteiger partial charge in [0.15, 0.2) is 0 Å². The van der Waals surface area contributed by atoms with Crippen molar-refractivity contribution in [3.8, 4) is 0 Å². The van der Waals surface area contributed by atoms with E-state index in [9.17, 15) is 0 Å². The van der Waals surface area contributed by atoms with Crippen molar-refractivity contribution < 1.29 is 10.9 Å². The van der Waals surface area contributed by atoms with Gasteiger partial charge in [0.2, 0.25) is 0 Å². The summed E-state index contributed by atoms with van der Waals surface area (Å²) in [5.41, 5.74) is 1.67. The number of rotatable bonds is 5. The van der Waals surface area contributed by atoms with Crippen LogP contribution in [0.2, 0.25) is 19.6 Å². The minimum absolute atomic E-state index is 0.377. The summed E-state index contributed by atoms with van der Waals surface area (Å²) < 4.78 is 6.27. The van der Waals surface area contributed by atoms with Gasteiger partial charge in [-0.15, -0.1) is 0 Å². The van der Waals surface area contributed by atoms with Gasteiger partial charge >= 0.3 is 39.3 Å². The number of allylic oxidation sites excluding steroid dienone is 2. The Bertz CT molecular complexity index is 737. The van der Waals surface area contributed by atoms with Gasteiger partial charge in [-0.2, -0.15) is 5.32 Å². The van der Waals surface area contributed by atoms with Crippen LogP contribution in [-0.2, 0) is 10.9 Å². The van der Waals surface area contributed by atoms with E-state index in [4.69, 9.17) is 10.1 Å². The maximum absolute atomic E-state index is 6.27. The Hall–Kier alpha value is 1.18. The van der Waals surface area contributed by atoms with Crippen LogP contribution in [0.4, 0.5) is 0 Å². The molecule has 3 fully saturated rings. The average Bonchev–Trinajstić information content (AvgIpc) is 2.85. The first-order valence-corrected chi connectivity index (χ1v) is 24.6. The molecular formula is C28H50Br2N2NiPSi. The molecule has 0 bridgehead atoms. The van der Waals surface area contributed by atoms with E-state index in [1.807, 2.05) is 0 Å². The van der Waals surface area contributed by atoms with Crippen molar-refractivity contribution in [2.75, 3.05) is 0 Å². The van der Waals surface area contributed by atoms with Crippen molar-refractivity contribution in [1.82, 2.24) is 0 Å². The van der Waals surface area contributed by atoms with Crippen molar-refractivity contribution in [3.63, 3.8) is 0 Å². The fourth-order valence-electron chi connectivity index (χ4n) is 7.25. The number of nitrogens with zero attached hydrogens (tertiary/aromatic N) is 2. The van der Waals surface area contributed by atoms with Gasteiger partial charge in [0.25, 0.3) is 0 Å². The first-order chi connectivity index (χ1) is 16.7. The van der Waals surface area contributed by atoms with E-state index in [0.717, 1.165) is 23.2 Å². The molecule has 4 aliphatic rings. The fourth-order valence-corrected chi connectivity index (χ4v) is 14.4. The Kier molecular flexibility index (Phi) is 12.8. The molecule has 0 spiro atoms. The van der Waals surface area contributed by atoms with Crippen LogP contribution in [0.15, 0.2) is 28.3 Å². The molecule has 2 nitrogen and oxygen atoms in total. The predicted molar refractivity (Wildman–Crippen MR) is 165 cm³/mol. The van der Waals surface area contributed by atoms with E-state index in [1.165, 1.54) is 99.7 Å². The minimum atomic E-state index is -1.62. The van der Waals surface area contributed by atoms with Gasteiger partial charge in [-0.3, -0.25) is 4.74 Å². The second-order valence-electron chi connectivity index (χ2n) is 12.6. The summed E-state index contributed by atoms with van der Waals surface area (Å²) in [5.74, 6) is 1.89. The van der Waals surface area contributed by atoms with Gasteiger partial charge in [-0.05, 0) is 68.7 Å². The Morgan fingerprint density at radius 3 is 1.77 bits per heavy atom. The summed E-state index contributed by atoms with van der Waals surface area (Å²) in [6, 6.07) is 0.575. The third-order valence-electron chi connectivity index (χ3n) is 9.14. The summed E-state index contributed by atoms with van der Waals surface area (Å²) in [6.07, 6.45) is 25.7. The zero-order chi connectivity index (χ0) is 25.5. The van der Waals surface area contributed by atoms with Crippen molar-refractivity contribution in [2.24, 2.45) is 16.6 Å². The molecular weight excluding hydrogens is 642 g/mol. The van der Waals surface area contributed by atoms with Crippen LogP contribution >= 0.6 is 35.5 Å². The van der Waals surface area contributed by atoms with E-state index in [1.54, 1.807) is 0 Å². The Labute approximate surface area is 238 Å². The van der Waals surface area contributed by atoms with Crippen LogP contribution in [0.3, 0.4) is 0 Å². The molecule has 3 saturated carbocycles. The molecule has 3 unspecified atom stereocenters. The monoisotopic (exact) mass is 689 g/mol. The third-order valence-corrected chi connectivity index (χ3v) is 16.1. The molecule has 0 N–H and O–H groups in total. The Morgan fingerprint density at radius 1 is 0.829 bits per heavy atom. The molecule has 0 saturated heterocycles. The first kappa shape index (κ1) is 30.7. The van der Waals surface area contributed by atoms with Crippen LogP contribution in [-0.4, -0.2) is 31.2 Å². The van der Waals surface area contributed by atoms with Gasteiger partial charge < -0.3 is 5.32 Å². The molecule has 205 valence electrons. The quantitative estimate of drug-likeness (QED) is 0.203. The zero-order valence-electron chi connectivity index (χ0n) is 22.8. The Balaban J connectivity index is 0.00000108. The summed E-state index contributed by atoms with van der Waals surface area (Å²) in [7, 11) is -1.81. The van der Waals surface area contributed by atoms with Crippen molar-refractivity contribution in [3.05, 3.63) is 28.9 Å². The summed E-state index contributed by atoms with van der Waals surface area (Å²) in [4.78, 5) is 0. The second kappa shape index (κ2) is 14.5. The number of hydrogen-bond donors (Lipinski definition) is 0. The first-order valence-electron chi connectivity index (χ1n) is 14.3. The normalized spacial score (nSPS) is 31.2.